The molecule has 5 N–H and O–H groups in total. The van der Waals surface area contributed by atoms with E-state index in [2.05, 4.69) is 10.3 Å². The van der Waals surface area contributed by atoms with Gasteiger partial charge >= 0.3 is 0 Å². The van der Waals surface area contributed by atoms with Crippen molar-refractivity contribution in [3.63, 3.8) is 0 Å². The molecule has 0 fully saturated rings. The van der Waals surface area contributed by atoms with E-state index in [4.69, 9.17) is 5.73 Å². The molecule has 18 heavy (non-hydrogen) atoms. The van der Waals surface area contributed by atoms with Gasteiger partial charge in [-0.2, -0.15) is 0 Å². The highest BCUT2D eigenvalue weighted by molar-refractivity contribution is 6.08. The normalized spacial score (nSPS) is 12.6. The Morgan fingerprint density at radius 3 is 2.94 bits per heavy atom. The minimum absolute atomic E-state index is 0.0801. The van der Waals surface area contributed by atoms with Crippen molar-refractivity contribution in [1.82, 2.24) is 10.3 Å². The number of aryl methyl sites for hydroxylation is 1. The molecule has 0 saturated carbocycles. The highest BCUT2D eigenvalue weighted by atomic mass is 16.3. The average Bonchev–Trinajstić information content (AvgIpc) is 2.61. The summed E-state index contributed by atoms with van der Waals surface area (Å²) in [6.07, 6.45) is 0. The number of aromatic nitrogens is 1. The number of carbonyl (C=O) groups is 1. The van der Waals surface area contributed by atoms with Gasteiger partial charge in [0.1, 0.15) is 5.75 Å². The maximum atomic E-state index is 12.1. The van der Waals surface area contributed by atoms with E-state index < -0.39 is 0 Å². The quantitative estimate of drug-likeness (QED) is 0.658. The van der Waals surface area contributed by atoms with Gasteiger partial charge in [0.05, 0.1) is 11.1 Å². The van der Waals surface area contributed by atoms with E-state index in [-0.39, 0.29) is 17.7 Å². The maximum absolute atomic E-state index is 12.1. The first kappa shape index (κ1) is 12.4. The molecule has 1 aromatic carbocycles. The number of fused-ring (bicyclic) bond motifs is 1. The van der Waals surface area contributed by atoms with Gasteiger partial charge < -0.3 is 21.1 Å². The molecule has 1 unspecified atom stereocenters. The number of amides is 1. The van der Waals surface area contributed by atoms with Crippen LogP contribution in [0.3, 0.4) is 0 Å². The van der Waals surface area contributed by atoms with Gasteiger partial charge in [0.2, 0.25) is 0 Å². The topological polar surface area (TPSA) is 91.1 Å². The number of aromatic hydroxyl groups is 1. The van der Waals surface area contributed by atoms with Crippen molar-refractivity contribution in [3.05, 3.63) is 29.5 Å². The van der Waals surface area contributed by atoms with E-state index >= 15 is 0 Å². The van der Waals surface area contributed by atoms with Gasteiger partial charge in [0.15, 0.2) is 0 Å². The zero-order valence-corrected chi connectivity index (χ0v) is 10.4. The summed E-state index contributed by atoms with van der Waals surface area (Å²) in [4.78, 5) is 15.2. The van der Waals surface area contributed by atoms with Crippen molar-refractivity contribution < 1.29 is 9.90 Å². The molecule has 0 aliphatic carbocycles. The molecule has 2 aromatic rings. The number of rotatable bonds is 3. The van der Waals surface area contributed by atoms with Crippen molar-refractivity contribution in [3.8, 4) is 5.75 Å². The summed E-state index contributed by atoms with van der Waals surface area (Å²) in [7, 11) is 0. The van der Waals surface area contributed by atoms with E-state index in [0.29, 0.717) is 12.1 Å². The minimum Gasteiger partial charge on any atom is -0.508 e. The van der Waals surface area contributed by atoms with Crippen LogP contribution < -0.4 is 11.1 Å². The molecule has 0 aliphatic heterocycles. The molecule has 1 heterocycles. The van der Waals surface area contributed by atoms with Crippen molar-refractivity contribution in [2.75, 3.05) is 6.54 Å². The molecule has 1 aromatic heterocycles. The van der Waals surface area contributed by atoms with E-state index in [1.165, 1.54) is 0 Å². The third-order valence-corrected chi connectivity index (χ3v) is 2.78. The fraction of sp³-hybridized carbons (Fsp3) is 0.308. The number of hydrogen-bond acceptors (Lipinski definition) is 3. The first-order valence-corrected chi connectivity index (χ1v) is 5.84. The van der Waals surface area contributed by atoms with Crippen LogP contribution in [-0.4, -0.2) is 28.6 Å². The Morgan fingerprint density at radius 2 is 2.28 bits per heavy atom. The predicted molar refractivity (Wildman–Crippen MR) is 70.7 cm³/mol. The summed E-state index contributed by atoms with van der Waals surface area (Å²) in [6, 6.07) is 4.82. The van der Waals surface area contributed by atoms with Crippen LogP contribution in [0.15, 0.2) is 18.2 Å². The molecular formula is C13H17N3O2. The van der Waals surface area contributed by atoms with Gasteiger partial charge in [-0.3, -0.25) is 4.79 Å². The molecule has 1 atom stereocenters. The molecular weight excluding hydrogens is 230 g/mol. The Labute approximate surface area is 105 Å². The van der Waals surface area contributed by atoms with Crippen LogP contribution in [0.4, 0.5) is 0 Å². The Balaban J connectivity index is 2.38. The van der Waals surface area contributed by atoms with Crippen LogP contribution in [-0.2, 0) is 0 Å². The number of phenols is 1. The Kier molecular flexibility index (Phi) is 3.25. The number of nitrogens with one attached hydrogen (secondary N) is 2. The highest BCUT2D eigenvalue weighted by Gasteiger charge is 2.16. The van der Waals surface area contributed by atoms with Crippen LogP contribution in [0.25, 0.3) is 10.9 Å². The SMILES string of the molecule is Cc1[nH]c2cc(O)ccc2c1C(=O)NCC(C)N. The molecule has 0 saturated heterocycles. The third kappa shape index (κ3) is 2.31. The molecule has 0 radical (unpaired) electrons. The number of carbonyl (C=O) groups excluding carboxylic acids is 1. The maximum Gasteiger partial charge on any atom is 0.253 e. The molecule has 5 heteroatoms. The predicted octanol–water partition coefficient (Wildman–Crippen LogP) is 1.26. The van der Waals surface area contributed by atoms with Crippen molar-refractivity contribution >= 4 is 16.8 Å². The molecule has 0 spiro atoms. The number of aromatic amines is 1. The monoisotopic (exact) mass is 247 g/mol. The summed E-state index contributed by atoms with van der Waals surface area (Å²) < 4.78 is 0. The lowest BCUT2D eigenvalue weighted by Gasteiger charge is -2.07. The van der Waals surface area contributed by atoms with Crippen LogP contribution in [0.2, 0.25) is 0 Å². The second kappa shape index (κ2) is 4.70. The largest absolute Gasteiger partial charge is 0.508 e. The second-order valence-electron chi connectivity index (χ2n) is 4.54. The number of benzene rings is 1. The molecule has 0 bridgehead atoms. The van der Waals surface area contributed by atoms with Crippen molar-refractivity contribution in [2.45, 2.75) is 19.9 Å². The van der Waals surface area contributed by atoms with Crippen LogP contribution in [0.5, 0.6) is 5.75 Å². The summed E-state index contributed by atoms with van der Waals surface area (Å²) >= 11 is 0. The fourth-order valence-electron chi connectivity index (χ4n) is 1.95. The van der Waals surface area contributed by atoms with E-state index in [1.807, 2.05) is 13.8 Å². The number of hydrogen-bond donors (Lipinski definition) is 4. The smallest absolute Gasteiger partial charge is 0.253 e. The van der Waals surface area contributed by atoms with Gasteiger partial charge in [0.25, 0.3) is 5.91 Å². The standard InChI is InChI=1S/C13H17N3O2/c1-7(14)6-15-13(18)12-8(2)16-11-5-9(17)3-4-10(11)12/h3-5,7,16-17H,6,14H2,1-2H3,(H,15,18). The Hall–Kier alpha value is -2.01. The molecule has 96 valence electrons. The summed E-state index contributed by atoms with van der Waals surface area (Å²) in [5, 5.41) is 13.0. The molecule has 2 rings (SSSR count). The first-order chi connectivity index (χ1) is 8.49. The second-order valence-corrected chi connectivity index (χ2v) is 4.54. The molecule has 1 amide bonds. The minimum atomic E-state index is -0.151. The molecule has 5 nitrogen and oxygen atoms in total. The van der Waals surface area contributed by atoms with Gasteiger partial charge in [-0.05, 0) is 26.0 Å². The van der Waals surface area contributed by atoms with Gasteiger partial charge in [-0.25, -0.2) is 0 Å². The summed E-state index contributed by atoms with van der Waals surface area (Å²) in [5.74, 6) is 0.0213. The zero-order valence-electron chi connectivity index (χ0n) is 10.4. The Bertz CT molecular complexity index is 587. The van der Waals surface area contributed by atoms with Crippen LogP contribution in [0, 0.1) is 6.92 Å². The van der Waals surface area contributed by atoms with Gasteiger partial charge in [-0.1, -0.05) is 0 Å². The van der Waals surface area contributed by atoms with Gasteiger partial charge in [0, 0.05) is 29.7 Å². The number of nitrogens with two attached hydrogens (primary N) is 1. The van der Waals surface area contributed by atoms with Gasteiger partial charge in [-0.15, -0.1) is 0 Å². The first-order valence-electron chi connectivity index (χ1n) is 5.84. The van der Waals surface area contributed by atoms with Crippen molar-refractivity contribution in [1.29, 1.82) is 0 Å². The Morgan fingerprint density at radius 1 is 1.56 bits per heavy atom. The lowest BCUT2D eigenvalue weighted by atomic mass is 10.1. The zero-order chi connectivity index (χ0) is 13.3. The van der Waals surface area contributed by atoms with E-state index in [1.54, 1.807) is 18.2 Å². The summed E-state index contributed by atoms with van der Waals surface area (Å²) in [6.45, 7) is 4.10. The molecule has 0 aliphatic rings. The fourth-order valence-corrected chi connectivity index (χ4v) is 1.95. The summed E-state index contributed by atoms with van der Waals surface area (Å²) in [5.41, 5.74) is 7.74. The van der Waals surface area contributed by atoms with E-state index in [0.717, 1.165) is 16.6 Å². The van der Waals surface area contributed by atoms with Crippen LogP contribution in [0.1, 0.15) is 23.0 Å². The number of H-pyrrole nitrogens is 1. The third-order valence-electron chi connectivity index (χ3n) is 2.78. The average molecular weight is 247 g/mol. The lowest BCUT2D eigenvalue weighted by Crippen LogP contribution is -2.35. The van der Waals surface area contributed by atoms with Crippen molar-refractivity contribution in [2.24, 2.45) is 5.73 Å². The van der Waals surface area contributed by atoms with Crippen LogP contribution >= 0.6 is 0 Å². The van der Waals surface area contributed by atoms with E-state index in [9.17, 15) is 9.90 Å². The highest BCUT2D eigenvalue weighted by Crippen LogP contribution is 2.25. The number of phenolic OH excluding ortho intramolecular Hbond substituents is 1. The lowest BCUT2D eigenvalue weighted by molar-refractivity contribution is 0.0953.